The van der Waals surface area contributed by atoms with Gasteiger partial charge in [0.05, 0.1) is 35.8 Å². The van der Waals surface area contributed by atoms with Crippen molar-refractivity contribution in [3.8, 4) is 0 Å². The van der Waals surface area contributed by atoms with Crippen LogP contribution in [0.2, 0.25) is 0 Å². The molecule has 2 amide bonds. The third kappa shape index (κ3) is 4.11. The predicted octanol–water partition coefficient (Wildman–Crippen LogP) is 2.86. The molecule has 2 bridgehead atoms. The fourth-order valence-corrected chi connectivity index (χ4v) is 8.21. The van der Waals surface area contributed by atoms with Gasteiger partial charge >= 0.3 is 5.97 Å². The number of hydrogen-bond acceptors (Lipinski definition) is 6. The van der Waals surface area contributed by atoms with Crippen molar-refractivity contribution < 1.29 is 24.2 Å². The predicted molar refractivity (Wildman–Crippen MR) is 130 cm³/mol. The number of aliphatic hydroxyl groups is 1. The van der Waals surface area contributed by atoms with Crippen molar-refractivity contribution >= 4 is 29.5 Å². The minimum atomic E-state index is -0.727. The van der Waals surface area contributed by atoms with E-state index in [4.69, 9.17) is 4.74 Å². The number of hydrogen-bond donors (Lipinski definition) is 1. The smallest absolute Gasteiger partial charge is 0.310 e. The number of carbonyl (C=O) groups is 3. The summed E-state index contributed by atoms with van der Waals surface area (Å²) in [5, 5.41) is 10.3. The van der Waals surface area contributed by atoms with E-state index in [1.165, 1.54) is 0 Å². The molecular weight excluding hydrogens is 440 g/mol. The average molecular weight is 481 g/mol. The van der Waals surface area contributed by atoms with Crippen molar-refractivity contribution in [3.05, 3.63) is 12.7 Å². The molecule has 3 aliphatic rings. The lowest BCUT2D eigenvalue weighted by Gasteiger charge is -2.44. The summed E-state index contributed by atoms with van der Waals surface area (Å²) in [4.78, 5) is 44.7. The third-order valence-electron chi connectivity index (χ3n) is 7.76. The summed E-state index contributed by atoms with van der Waals surface area (Å²) < 4.78 is 4.70. The molecule has 1 N–H and O–H groups in total. The molecule has 2 unspecified atom stereocenters. The zero-order valence-corrected chi connectivity index (χ0v) is 21.7. The standard InChI is InChI=1S/C25H40N2O5S/c1-8-13-26(24(5,6)7)22(30)20-25-12-11-17(33-25)18(23(31)32-10-3)19(25)21(29)27(20)16(14-28)15(4)9-2/h8,15-20,28H,1,9-14H2,2-7H3/t15-,16-,17+,18-,19-,20?,25?/m0/s1. The van der Waals surface area contributed by atoms with Gasteiger partial charge in [0.25, 0.3) is 0 Å². The zero-order valence-electron chi connectivity index (χ0n) is 20.9. The van der Waals surface area contributed by atoms with Crippen LogP contribution in [0.3, 0.4) is 0 Å². The minimum absolute atomic E-state index is 0.00945. The van der Waals surface area contributed by atoms with Crippen molar-refractivity contribution in [3.63, 3.8) is 0 Å². The number of thioether (sulfide) groups is 1. The molecule has 8 heteroatoms. The van der Waals surface area contributed by atoms with E-state index in [0.29, 0.717) is 13.0 Å². The molecule has 0 saturated carbocycles. The van der Waals surface area contributed by atoms with Gasteiger partial charge < -0.3 is 19.6 Å². The first-order valence-corrected chi connectivity index (χ1v) is 13.1. The van der Waals surface area contributed by atoms with Gasteiger partial charge in [-0.05, 0) is 46.5 Å². The van der Waals surface area contributed by atoms with E-state index in [1.54, 1.807) is 34.6 Å². The number of aliphatic hydroxyl groups excluding tert-OH is 1. The van der Waals surface area contributed by atoms with Crippen molar-refractivity contribution in [1.82, 2.24) is 9.80 Å². The summed E-state index contributed by atoms with van der Waals surface area (Å²) in [5.41, 5.74) is -0.471. The van der Waals surface area contributed by atoms with E-state index in [9.17, 15) is 19.5 Å². The van der Waals surface area contributed by atoms with Gasteiger partial charge in [0.2, 0.25) is 11.8 Å². The van der Waals surface area contributed by atoms with Gasteiger partial charge in [-0.3, -0.25) is 14.4 Å². The lowest BCUT2D eigenvalue weighted by molar-refractivity contribution is -0.154. The van der Waals surface area contributed by atoms with Crippen LogP contribution in [0.15, 0.2) is 12.7 Å². The van der Waals surface area contributed by atoms with Gasteiger partial charge in [-0.25, -0.2) is 0 Å². The Morgan fingerprint density at radius 3 is 2.58 bits per heavy atom. The lowest BCUT2D eigenvalue weighted by atomic mass is 9.71. The molecule has 33 heavy (non-hydrogen) atoms. The van der Waals surface area contributed by atoms with Crippen LogP contribution in [-0.4, -0.2) is 80.1 Å². The quantitative estimate of drug-likeness (QED) is 0.403. The SMILES string of the molecule is C=CCN(C(=O)C1N([C@@H](CO)[C@@H](C)CC)C(=O)[C@@H]2[C@@H](C(=O)OCC)[C@H]3CCC12S3)C(C)(C)C. The van der Waals surface area contributed by atoms with Gasteiger partial charge in [-0.1, -0.05) is 26.3 Å². The van der Waals surface area contributed by atoms with E-state index in [0.717, 1.165) is 12.8 Å². The summed E-state index contributed by atoms with van der Waals surface area (Å²) in [5.74, 6) is -1.79. The van der Waals surface area contributed by atoms with Crippen molar-refractivity contribution in [2.45, 2.75) is 88.4 Å². The average Bonchev–Trinajstić information content (AvgIpc) is 3.39. The Labute approximate surface area is 202 Å². The summed E-state index contributed by atoms with van der Waals surface area (Å²) in [6.07, 6.45) is 3.95. The Balaban J connectivity index is 2.14. The topological polar surface area (TPSA) is 87.2 Å². The summed E-state index contributed by atoms with van der Waals surface area (Å²) in [6, 6.07) is -1.21. The first-order chi connectivity index (χ1) is 15.5. The Morgan fingerprint density at radius 2 is 2.06 bits per heavy atom. The van der Waals surface area contributed by atoms with Crippen LogP contribution < -0.4 is 0 Å². The van der Waals surface area contributed by atoms with Crippen LogP contribution in [0.5, 0.6) is 0 Å². The molecule has 186 valence electrons. The molecule has 0 aromatic heterocycles. The Hall–Kier alpha value is -1.54. The fourth-order valence-electron chi connectivity index (χ4n) is 6.02. The first-order valence-electron chi connectivity index (χ1n) is 12.2. The highest BCUT2D eigenvalue weighted by Crippen LogP contribution is 2.67. The van der Waals surface area contributed by atoms with Gasteiger partial charge in [0.1, 0.15) is 6.04 Å². The van der Waals surface area contributed by atoms with Crippen LogP contribution in [0, 0.1) is 17.8 Å². The van der Waals surface area contributed by atoms with Crippen molar-refractivity contribution in [1.29, 1.82) is 0 Å². The number of fused-ring (bicyclic) bond motifs is 1. The molecule has 3 heterocycles. The minimum Gasteiger partial charge on any atom is -0.466 e. The molecule has 3 aliphatic heterocycles. The molecule has 0 aromatic rings. The van der Waals surface area contributed by atoms with E-state index in [2.05, 4.69) is 6.58 Å². The van der Waals surface area contributed by atoms with Crippen LogP contribution in [0.4, 0.5) is 0 Å². The number of carbonyl (C=O) groups excluding carboxylic acids is 3. The molecule has 7 nitrogen and oxygen atoms in total. The Kier molecular flexibility index (Phi) is 7.59. The van der Waals surface area contributed by atoms with Crippen LogP contribution in [0.1, 0.15) is 60.8 Å². The Morgan fingerprint density at radius 1 is 1.39 bits per heavy atom. The molecule has 1 spiro atoms. The van der Waals surface area contributed by atoms with E-state index < -0.39 is 34.2 Å². The molecule has 3 fully saturated rings. The highest BCUT2D eigenvalue weighted by atomic mass is 32.2. The zero-order chi connectivity index (χ0) is 24.7. The van der Waals surface area contributed by atoms with Crippen LogP contribution in [-0.2, 0) is 19.1 Å². The van der Waals surface area contributed by atoms with Crippen molar-refractivity contribution in [2.24, 2.45) is 17.8 Å². The monoisotopic (exact) mass is 480 g/mol. The van der Waals surface area contributed by atoms with E-state index in [1.807, 2.05) is 34.6 Å². The Bertz CT molecular complexity index is 796. The van der Waals surface area contributed by atoms with Gasteiger partial charge in [0.15, 0.2) is 0 Å². The molecule has 3 saturated heterocycles. The second-order valence-corrected chi connectivity index (χ2v) is 12.2. The molecule has 7 atom stereocenters. The summed E-state index contributed by atoms with van der Waals surface area (Å²) >= 11 is 1.63. The maximum absolute atomic E-state index is 14.3. The van der Waals surface area contributed by atoms with Crippen LogP contribution >= 0.6 is 11.8 Å². The number of rotatable bonds is 9. The van der Waals surface area contributed by atoms with Gasteiger partial charge in [-0.15, -0.1) is 18.3 Å². The second kappa shape index (κ2) is 9.61. The summed E-state index contributed by atoms with van der Waals surface area (Å²) in [6.45, 7) is 16.0. The summed E-state index contributed by atoms with van der Waals surface area (Å²) in [7, 11) is 0. The maximum Gasteiger partial charge on any atom is 0.310 e. The number of ether oxygens (including phenoxy) is 1. The number of amides is 2. The third-order valence-corrected chi connectivity index (χ3v) is 9.72. The number of nitrogens with zero attached hydrogens (tertiary/aromatic N) is 2. The molecule has 0 radical (unpaired) electrons. The largest absolute Gasteiger partial charge is 0.466 e. The molecule has 0 aliphatic carbocycles. The highest BCUT2D eigenvalue weighted by Gasteiger charge is 2.75. The molecule has 0 aromatic carbocycles. The molecular formula is C25H40N2O5S. The van der Waals surface area contributed by atoms with Gasteiger partial charge in [0, 0.05) is 17.3 Å². The number of esters is 1. The van der Waals surface area contributed by atoms with Gasteiger partial charge in [-0.2, -0.15) is 0 Å². The van der Waals surface area contributed by atoms with E-state index >= 15 is 0 Å². The molecule has 3 rings (SSSR count). The first kappa shape index (κ1) is 26.1. The second-order valence-electron chi connectivity index (χ2n) is 10.6. The number of likely N-dealkylation sites (tertiary alicyclic amines) is 1. The van der Waals surface area contributed by atoms with Crippen molar-refractivity contribution in [2.75, 3.05) is 19.8 Å². The highest BCUT2D eigenvalue weighted by molar-refractivity contribution is 8.02. The normalized spacial score (nSPS) is 32.5. The maximum atomic E-state index is 14.3. The lowest BCUT2D eigenvalue weighted by Crippen LogP contribution is -2.61. The fraction of sp³-hybridized carbons (Fsp3) is 0.800. The van der Waals surface area contributed by atoms with Crippen LogP contribution in [0.25, 0.3) is 0 Å². The van der Waals surface area contributed by atoms with E-state index in [-0.39, 0.29) is 42.2 Å².